The smallest absolute Gasteiger partial charge is 0.433 e. The van der Waals surface area contributed by atoms with Crippen molar-refractivity contribution < 1.29 is 32.3 Å². The van der Waals surface area contributed by atoms with Gasteiger partial charge in [-0.15, -0.1) is 11.3 Å². The van der Waals surface area contributed by atoms with Crippen molar-refractivity contribution in [3.8, 4) is 11.6 Å². The van der Waals surface area contributed by atoms with Gasteiger partial charge in [-0.05, 0) is 43.2 Å². The van der Waals surface area contributed by atoms with Crippen LogP contribution in [0, 0.1) is 0 Å². The molecule has 1 fully saturated rings. The van der Waals surface area contributed by atoms with Gasteiger partial charge in [-0.2, -0.15) is 13.2 Å². The lowest BCUT2D eigenvalue weighted by atomic mass is 9.97. The lowest BCUT2D eigenvalue weighted by Crippen LogP contribution is -2.40. The minimum Gasteiger partial charge on any atom is -0.491 e. The van der Waals surface area contributed by atoms with Gasteiger partial charge >= 0.3 is 6.18 Å². The summed E-state index contributed by atoms with van der Waals surface area (Å²) in [6, 6.07) is 7.12. The van der Waals surface area contributed by atoms with E-state index in [-0.39, 0.29) is 29.6 Å². The lowest BCUT2D eigenvalue weighted by Gasteiger charge is -2.31. The highest BCUT2D eigenvalue weighted by Gasteiger charge is 2.34. The Morgan fingerprint density at radius 1 is 1.18 bits per heavy atom. The molecule has 40 heavy (non-hydrogen) atoms. The molecule has 1 unspecified atom stereocenters. The zero-order chi connectivity index (χ0) is 28.4. The second kappa shape index (κ2) is 11.8. The van der Waals surface area contributed by atoms with Crippen LogP contribution in [0.25, 0.3) is 0 Å². The molecule has 0 radical (unpaired) electrons. The van der Waals surface area contributed by atoms with Crippen molar-refractivity contribution in [1.29, 1.82) is 0 Å². The Balaban J connectivity index is 1.14. The van der Waals surface area contributed by atoms with Gasteiger partial charge in [-0.3, -0.25) is 4.79 Å². The lowest BCUT2D eigenvalue weighted by molar-refractivity contribution is -0.141. The molecule has 1 amide bonds. The van der Waals surface area contributed by atoms with E-state index in [9.17, 15) is 18.0 Å². The monoisotopic (exact) mass is 614 g/mol. The number of amides is 1. The van der Waals surface area contributed by atoms with Gasteiger partial charge in [0.25, 0.3) is 11.8 Å². The molecule has 1 atom stereocenters. The Hall–Kier alpha value is -3.09. The first kappa shape index (κ1) is 28.4. The first-order chi connectivity index (χ1) is 19.1. The van der Waals surface area contributed by atoms with E-state index < -0.39 is 18.5 Å². The fourth-order valence-corrected chi connectivity index (χ4v) is 5.93. The molecule has 0 N–H and O–H groups in total. The third-order valence-corrected chi connectivity index (χ3v) is 8.24. The Bertz CT molecular complexity index is 1430. The van der Waals surface area contributed by atoms with Crippen LogP contribution in [-0.2, 0) is 15.8 Å². The summed E-state index contributed by atoms with van der Waals surface area (Å²) >= 11 is 13.9. The summed E-state index contributed by atoms with van der Waals surface area (Å²) < 4.78 is 49.4. The van der Waals surface area contributed by atoms with Gasteiger partial charge in [0.1, 0.15) is 11.4 Å². The molecule has 4 heterocycles. The summed E-state index contributed by atoms with van der Waals surface area (Å²) in [6.07, 6.45) is -3.09. The highest BCUT2D eigenvalue weighted by atomic mass is 35.5. The molecular formula is C26H23Cl2F3N4O4S. The van der Waals surface area contributed by atoms with E-state index in [1.165, 1.54) is 18.4 Å². The van der Waals surface area contributed by atoms with E-state index >= 15 is 0 Å². The number of oxime groups is 1. The summed E-state index contributed by atoms with van der Waals surface area (Å²) in [5, 5.41) is 8.24. The van der Waals surface area contributed by atoms with Crippen molar-refractivity contribution in [2.75, 3.05) is 26.8 Å². The Kier molecular flexibility index (Phi) is 8.39. The predicted octanol–water partition coefficient (Wildman–Crippen LogP) is 6.52. The average Bonchev–Trinajstić information content (AvgIpc) is 3.63. The first-order valence-corrected chi connectivity index (χ1v) is 13.9. The molecule has 1 aromatic carbocycles. The van der Waals surface area contributed by atoms with Crippen molar-refractivity contribution in [3.05, 3.63) is 67.7 Å². The van der Waals surface area contributed by atoms with Crippen molar-refractivity contribution in [1.82, 2.24) is 14.9 Å². The fraction of sp³-hybridized carbons (Fsp3) is 0.385. The van der Waals surface area contributed by atoms with Crippen LogP contribution in [-0.4, -0.2) is 53.3 Å². The Labute approximate surface area is 241 Å². The minimum atomic E-state index is -4.64. The number of ether oxygens (including phenoxy) is 2. The van der Waals surface area contributed by atoms with Crippen molar-refractivity contribution in [3.63, 3.8) is 0 Å². The summed E-state index contributed by atoms with van der Waals surface area (Å²) in [6.45, 7) is 0.483. The molecule has 14 heteroatoms. The molecule has 5 rings (SSSR count). The second-order valence-corrected chi connectivity index (χ2v) is 11.0. The predicted molar refractivity (Wildman–Crippen MR) is 143 cm³/mol. The number of piperidine rings is 1. The number of carbonyl (C=O) groups excluding carboxylic acids is 1. The highest BCUT2D eigenvalue weighted by molar-refractivity contribution is 7.10. The van der Waals surface area contributed by atoms with Crippen LogP contribution in [0.3, 0.4) is 0 Å². The number of benzene rings is 1. The average molecular weight is 615 g/mol. The summed E-state index contributed by atoms with van der Waals surface area (Å²) in [4.78, 5) is 28.2. The number of rotatable bonds is 7. The van der Waals surface area contributed by atoms with Gasteiger partial charge in [-0.1, -0.05) is 28.4 Å². The van der Waals surface area contributed by atoms with Crippen LogP contribution >= 0.6 is 34.5 Å². The standard InChI is InChI=1S/C26H23Cl2F3N4O4S/c1-37-20-4-5-22(26(29,30)31)33-24(20)38-12-23(36)35-8-6-14(7-9-35)25-32-19(13-40-25)18-11-21(39-34-18)16-10-15(27)2-3-17(16)28/h2-5,10,13-14,21H,6-9,11-12H2,1H3. The molecule has 2 aliphatic rings. The van der Waals surface area contributed by atoms with E-state index in [4.69, 9.17) is 42.5 Å². The zero-order valence-corrected chi connectivity index (χ0v) is 23.4. The van der Waals surface area contributed by atoms with Gasteiger partial charge < -0.3 is 19.2 Å². The van der Waals surface area contributed by atoms with E-state index in [2.05, 4.69) is 10.1 Å². The second-order valence-electron chi connectivity index (χ2n) is 9.22. The molecule has 0 spiro atoms. The maximum atomic E-state index is 13.0. The van der Waals surface area contributed by atoms with Crippen molar-refractivity contribution in [2.24, 2.45) is 5.16 Å². The normalized spacial score (nSPS) is 17.9. The van der Waals surface area contributed by atoms with Gasteiger partial charge in [0.15, 0.2) is 18.5 Å². The van der Waals surface area contributed by atoms with Gasteiger partial charge in [-0.25, -0.2) is 9.97 Å². The van der Waals surface area contributed by atoms with E-state index in [1.807, 2.05) is 5.38 Å². The van der Waals surface area contributed by atoms with E-state index in [0.29, 0.717) is 42.4 Å². The first-order valence-electron chi connectivity index (χ1n) is 12.3. The summed E-state index contributed by atoms with van der Waals surface area (Å²) in [7, 11) is 1.29. The van der Waals surface area contributed by atoms with Crippen LogP contribution < -0.4 is 9.47 Å². The molecule has 0 saturated carbocycles. The molecule has 8 nitrogen and oxygen atoms in total. The topological polar surface area (TPSA) is 86.1 Å². The number of thiazole rings is 1. The number of carbonyl (C=O) groups is 1. The van der Waals surface area contributed by atoms with E-state index in [0.717, 1.165) is 34.1 Å². The number of likely N-dealkylation sites (tertiary alicyclic amines) is 1. The molecule has 0 aliphatic carbocycles. The number of hydrogen-bond acceptors (Lipinski definition) is 8. The van der Waals surface area contributed by atoms with E-state index in [1.54, 1.807) is 23.1 Å². The number of hydrogen-bond donors (Lipinski definition) is 0. The number of nitrogens with zero attached hydrogens (tertiary/aromatic N) is 4. The fourth-order valence-electron chi connectivity index (χ4n) is 4.51. The van der Waals surface area contributed by atoms with Crippen molar-refractivity contribution >= 4 is 46.2 Å². The zero-order valence-electron chi connectivity index (χ0n) is 21.1. The third kappa shape index (κ3) is 6.29. The summed E-state index contributed by atoms with van der Waals surface area (Å²) in [5.74, 6) is -0.550. The molecule has 3 aromatic rings. The van der Waals surface area contributed by atoms with Crippen molar-refractivity contribution in [2.45, 2.75) is 37.5 Å². The minimum absolute atomic E-state index is 0.0123. The van der Waals surface area contributed by atoms with Crippen LogP contribution in [0.2, 0.25) is 10.0 Å². The molecular weight excluding hydrogens is 592 g/mol. The van der Waals surface area contributed by atoms with Gasteiger partial charge in [0.05, 0.1) is 17.8 Å². The largest absolute Gasteiger partial charge is 0.491 e. The Morgan fingerprint density at radius 2 is 1.95 bits per heavy atom. The van der Waals surface area contributed by atoms with Gasteiger partial charge in [0, 0.05) is 46.4 Å². The summed E-state index contributed by atoms with van der Waals surface area (Å²) in [5.41, 5.74) is 1.12. The molecule has 2 aromatic heterocycles. The number of aromatic nitrogens is 2. The highest BCUT2D eigenvalue weighted by Crippen LogP contribution is 2.37. The quantitative estimate of drug-likeness (QED) is 0.301. The molecule has 0 bridgehead atoms. The number of alkyl halides is 3. The maximum Gasteiger partial charge on any atom is 0.433 e. The number of methoxy groups -OCH3 is 1. The SMILES string of the molecule is COc1ccc(C(F)(F)F)nc1OCC(=O)N1CCC(c2nc(C3=NOC(c4cc(Cl)ccc4Cl)C3)cs2)CC1. The maximum absolute atomic E-state index is 13.0. The molecule has 212 valence electrons. The molecule has 2 aliphatic heterocycles. The van der Waals surface area contributed by atoms with Gasteiger partial charge in [0.2, 0.25) is 0 Å². The number of halogens is 5. The van der Waals surface area contributed by atoms with Crippen LogP contribution in [0.5, 0.6) is 11.6 Å². The number of pyridine rings is 1. The Morgan fingerprint density at radius 3 is 2.67 bits per heavy atom. The van der Waals surface area contributed by atoms with Crippen LogP contribution in [0.15, 0.2) is 40.9 Å². The third-order valence-electron chi connectivity index (χ3n) is 6.66. The van der Waals surface area contributed by atoms with Crippen LogP contribution in [0.1, 0.15) is 53.2 Å². The van der Waals surface area contributed by atoms with Crippen LogP contribution in [0.4, 0.5) is 13.2 Å². The molecule has 1 saturated heterocycles.